The third kappa shape index (κ3) is 23.9. The Kier molecular flexibility index (Phi) is 21.9. The van der Waals surface area contributed by atoms with Gasteiger partial charge < -0.3 is 9.64 Å². The van der Waals surface area contributed by atoms with Gasteiger partial charge in [-0.1, -0.05) is 103 Å². The molecule has 0 saturated carbocycles. The van der Waals surface area contributed by atoms with Crippen LogP contribution in [0.15, 0.2) is 0 Å². The number of hydrogen-bond acceptors (Lipinski definition) is 2. The van der Waals surface area contributed by atoms with E-state index in [0.717, 1.165) is 26.2 Å². The van der Waals surface area contributed by atoms with Crippen molar-refractivity contribution in [1.82, 2.24) is 4.90 Å². The number of hydrogen-bond donors (Lipinski definition) is 0. The van der Waals surface area contributed by atoms with Gasteiger partial charge in [0.25, 0.3) is 0 Å². The summed E-state index contributed by atoms with van der Waals surface area (Å²) in [5.41, 5.74) is 0. The fraction of sp³-hybridized carbons (Fsp3) is 1.00. The highest BCUT2D eigenvalue weighted by Crippen LogP contribution is 2.13. The standard InChI is InChI=1S/C23H49NO/c1-4-5-6-7-8-9-10-11-12-13-14-15-16-17-18-19-22-25-23-20-21-24(2)3/h4-23H2,1-3H3. The van der Waals surface area contributed by atoms with Crippen molar-refractivity contribution >= 4 is 0 Å². The number of rotatable bonds is 21. The van der Waals surface area contributed by atoms with Crippen LogP contribution in [0.2, 0.25) is 0 Å². The zero-order valence-electron chi connectivity index (χ0n) is 18.0. The lowest BCUT2D eigenvalue weighted by molar-refractivity contribution is 0.122. The Balaban J connectivity index is 2.96. The van der Waals surface area contributed by atoms with E-state index in [1.54, 1.807) is 0 Å². The number of unbranched alkanes of at least 4 members (excludes halogenated alkanes) is 15. The molecule has 0 amide bonds. The van der Waals surface area contributed by atoms with Crippen molar-refractivity contribution in [2.45, 2.75) is 116 Å². The quantitative estimate of drug-likeness (QED) is 0.202. The summed E-state index contributed by atoms with van der Waals surface area (Å²) in [5, 5.41) is 0. The predicted octanol–water partition coefficient (Wildman–Crippen LogP) is 7.22. The van der Waals surface area contributed by atoms with Gasteiger partial charge in [0.1, 0.15) is 0 Å². The third-order valence-corrected chi connectivity index (χ3v) is 5.04. The van der Waals surface area contributed by atoms with Crippen molar-refractivity contribution in [3.05, 3.63) is 0 Å². The van der Waals surface area contributed by atoms with Crippen molar-refractivity contribution in [2.24, 2.45) is 0 Å². The summed E-state index contributed by atoms with van der Waals surface area (Å²) in [6.45, 7) is 5.32. The summed E-state index contributed by atoms with van der Waals surface area (Å²) in [6, 6.07) is 0. The van der Waals surface area contributed by atoms with Crippen LogP contribution in [0.5, 0.6) is 0 Å². The fourth-order valence-electron chi connectivity index (χ4n) is 3.34. The van der Waals surface area contributed by atoms with E-state index in [4.69, 9.17) is 4.74 Å². The summed E-state index contributed by atoms with van der Waals surface area (Å²) in [6.07, 6.45) is 24.0. The molecule has 0 aromatic carbocycles. The van der Waals surface area contributed by atoms with Crippen molar-refractivity contribution in [2.75, 3.05) is 33.9 Å². The van der Waals surface area contributed by atoms with Crippen LogP contribution in [-0.4, -0.2) is 38.8 Å². The number of ether oxygens (including phenoxy) is 1. The molecule has 0 atom stereocenters. The van der Waals surface area contributed by atoms with Gasteiger partial charge in [0.2, 0.25) is 0 Å². The van der Waals surface area contributed by atoms with E-state index < -0.39 is 0 Å². The largest absolute Gasteiger partial charge is 0.381 e. The van der Waals surface area contributed by atoms with Crippen molar-refractivity contribution in [3.8, 4) is 0 Å². The first-order chi connectivity index (χ1) is 12.3. The predicted molar refractivity (Wildman–Crippen MR) is 114 cm³/mol. The second-order valence-electron chi connectivity index (χ2n) is 8.07. The summed E-state index contributed by atoms with van der Waals surface area (Å²) >= 11 is 0. The second-order valence-corrected chi connectivity index (χ2v) is 8.07. The topological polar surface area (TPSA) is 12.5 Å². The molecule has 152 valence electrons. The molecule has 2 nitrogen and oxygen atoms in total. The third-order valence-electron chi connectivity index (χ3n) is 5.04. The zero-order valence-corrected chi connectivity index (χ0v) is 18.0. The van der Waals surface area contributed by atoms with E-state index >= 15 is 0 Å². The fourth-order valence-corrected chi connectivity index (χ4v) is 3.34. The Morgan fingerprint density at radius 1 is 0.480 bits per heavy atom. The SMILES string of the molecule is CCCCCCCCCCCCCCCCCCOCCCN(C)C. The molecule has 25 heavy (non-hydrogen) atoms. The van der Waals surface area contributed by atoms with E-state index in [1.165, 1.54) is 103 Å². The van der Waals surface area contributed by atoms with E-state index in [-0.39, 0.29) is 0 Å². The first kappa shape index (κ1) is 24.9. The van der Waals surface area contributed by atoms with Crippen LogP contribution in [0.1, 0.15) is 116 Å². The lowest BCUT2D eigenvalue weighted by Gasteiger charge is -2.09. The maximum absolute atomic E-state index is 5.68. The van der Waals surface area contributed by atoms with Gasteiger partial charge in [-0.3, -0.25) is 0 Å². The molecule has 0 aromatic heterocycles. The van der Waals surface area contributed by atoms with Gasteiger partial charge in [-0.15, -0.1) is 0 Å². The molecule has 0 aliphatic carbocycles. The lowest BCUT2D eigenvalue weighted by Crippen LogP contribution is -2.14. The molecular formula is C23H49NO. The Hall–Kier alpha value is -0.0800. The summed E-state index contributed by atoms with van der Waals surface area (Å²) in [7, 11) is 4.24. The zero-order chi connectivity index (χ0) is 18.4. The molecule has 0 spiro atoms. The first-order valence-corrected chi connectivity index (χ1v) is 11.5. The van der Waals surface area contributed by atoms with Crippen LogP contribution < -0.4 is 0 Å². The van der Waals surface area contributed by atoms with Crippen LogP contribution in [0.25, 0.3) is 0 Å². The van der Waals surface area contributed by atoms with Gasteiger partial charge in [0.15, 0.2) is 0 Å². The monoisotopic (exact) mass is 355 g/mol. The molecular weight excluding hydrogens is 306 g/mol. The van der Waals surface area contributed by atoms with E-state index in [2.05, 4.69) is 25.9 Å². The maximum Gasteiger partial charge on any atom is 0.0478 e. The average molecular weight is 356 g/mol. The van der Waals surface area contributed by atoms with Crippen LogP contribution in [0.4, 0.5) is 0 Å². The van der Waals surface area contributed by atoms with Crippen molar-refractivity contribution in [3.63, 3.8) is 0 Å². The van der Waals surface area contributed by atoms with Gasteiger partial charge in [-0.2, -0.15) is 0 Å². The van der Waals surface area contributed by atoms with Crippen molar-refractivity contribution in [1.29, 1.82) is 0 Å². The minimum atomic E-state index is 0.928. The number of nitrogens with zero attached hydrogens (tertiary/aromatic N) is 1. The lowest BCUT2D eigenvalue weighted by atomic mass is 10.0. The van der Waals surface area contributed by atoms with Crippen LogP contribution in [0, 0.1) is 0 Å². The molecule has 0 aromatic rings. The molecule has 2 heteroatoms. The summed E-state index contributed by atoms with van der Waals surface area (Å²) in [4.78, 5) is 2.22. The van der Waals surface area contributed by atoms with Crippen LogP contribution in [-0.2, 0) is 4.74 Å². The minimum absolute atomic E-state index is 0.928. The Bertz CT molecular complexity index is 230. The molecule has 0 aliphatic heterocycles. The van der Waals surface area contributed by atoms with Gasteiger partial charge in [0, 0.05) is 13.2 Å². The van der Waals surface area contributed by atoms with Crippen LogP contribution >= 0.6 is 0 Å². The van der Waals surface area contributed by atoms with Gasteiger partial charge in [-0.05, 0) is 33.5 Å². The highest BCUT2D eigenvalue weighted by Gasteiger charge is 1.95. The van der Waals surface area contributed by atoms with E-state index in [0.29, 0.717) is 0 Å². The first-order valence-electron chi connectivity index (χ1n) is 11.5. The molecule has 0 bridgehead atoms. The minimum Gasteiger partial charge on any atom is -0.381 e. The van der Waals surface area contributed by atoms with E-state index in [1.807, 2.05) is 0 Å². The molecule has 0 N–H and O–H groups in total. The highest BCUT2D eigenvalue weighted by atomic mass is 16.5. The molecule has 0 fully saturated rings. The van der Waals surface area contributed by atoms with Crippen LogP contribution in [0.3, 0.4) is 0 Å². The van der Waals surface area contributed by atoms with Gasteiger partial charge in [-0.25, -0.2) is 0 Å². The molecule has 0 heterocycles. The normalized spacial score (nSPS) is 11.5. The van der Waals surface area contributed by atoms with Gasteiger partial charge >= 0.3 is 0 Å². The van der Waals surface area contributed by atoms with Crippen molar-refractivity contribution < 1.29 is 4.74 Å². The van der Waals surface area contributed by atoms with Gasteiger partial charge in [0.05, 0.1) is 0 Å². The second kappa shape index (κ2) is 22.0. The smallest absolute Gasteiger partial charge is 0.0478 e. The Labute approximate surface area is 160 Å². The molecule has 0 radical (unpaired) electrons. The average Bonchev–Trinajstić information content (AvgIpc) is 2.60. The molecule has 0 saturated heterocycles. The molecule has 0 aliphatic rings. The van der Waals surface area contributed by atoms with E-state index in [9.17, 15) is 0 Å². The summed E-state index contributed by atoms with van der Waals surface area (Å²) < 4.78 is 5.68. The molecule has 0 unspecified atom stereocenters. The molecule has 0 rings (SSSR count). The summed E-state index contributed by atoms with van der Waals surface area (Å²) in [5.74, 6) is 0. The maximum atomic E-state index is 5.68. The Morgan fingerprint density at radius 3 is 1.24 bits per heavy atom. The Morgan fingerprint density at radius 2 is 0.840 bits per heavy atom. The highest BCUT2D eigenvalue weighted by molar-refractivity contribution is 4.50.